The van der Waals surface area contributed by atoms with E-state index in [2.05, 4.69) is 25.8 Å². The molecule has 2 aliphatic rings. The van der Waals surface area contributed by atoms with Crippen molar-refractivity contribution in [2.24, 2.45) is 11.1 Å². The molecule has 1 spiro atoms. The molecule has 7 heteroatoms. The van der Waals surface area contributed by atoms with E-state index in [0.717, 1.165) is 54.2 Å². The average molecular weight is 366 g/mol. The van der Waals surface area contributed by atoms with Crippen molar-refractivity contribution in [2.75, 3.05) is 31.2 Å². The van der Waals surface area contributed by atoms with Crippen molar-refractivity contribution in [1.29, 1.82) is 0 Å². The van der Waals surface area contributed by atoms with Crippen LogP contribution in [0, 0.1) is 12.3 Å². The normalized spacial score (nSPS) is 24.5. The van der Waals surface area contributed by atoms with Gasteiger partial charge < -0.3 is 15.4 Å². The third-order valence-corrected chi connectivity index (χ3v) is 6.14. The van der Waals surface area contributed by atoms with Gasteiger partial charge in [-0.2, -0.15) is 0 Å². The largest absolute Gasteiger partial charge is 0.379 e. The average Bonchev–Trinajstić information content (AvgIpc) is 3.13. The number of hydrogen-bond donors (Lipinski definition) is 1. The Morgan fingerprint density at radius 1 is 1.41 bits per heavy atom. The van der Waals surface area contributed by atoms with E-state index < -0.39 is 0 Å². The number of aryl methyl sites for hydroxylation is 1. The number of aromatic nitrogens is 3. The summed E-state index contributed by atoms with van der Waals surface area (Å²) in [6.45, 7) is 5.44. The van der Waals surface area contributed by atoms with Gasteiger partial charge >= 0.3 is 0 Å². The Labute approximate surface area is 137 Å². The Bertz CT molecular complexity index is 707. The quantitative estimate of drug-likeness (QED) is 0.833. The summed E-state index contributed by atoms with van der Waals surface area (Å²) < 4.78 is 8.61. The first-order valence-electron chi connectivity index (χ1n) is 7.67. The second-order valence-electron chi connectivity index (χ2n) is 6.43. The standard InChI is InChI=1S/C15H20BrN5O/c1-10-13(16)21-9-18-6-11(21)14(19-10)20-4-2-15(3-5-20)8-22-7-12(15)17/h6,9,12H,2-5,7-8,17H2,1H3/t12-/m1/s1. The van der Waals surface area contributed by atoms with Crippen molar-refractivity contribution in [2.45, 2.75) is 25.8 Å². The zero-order chi connectivity index (χ0) is 15.3. The molecule has 6 nitrogen and oxygen atoms in total. The van der Waals surface area contributed by atoms with E-state index in [0.29, 0.717) is 6.61 Å². The van der Waals surface area contributed by atoms with E-state index in [1.165, 1.54) is 0 Å². The fourth-order valence-electron chi connectivity index (χ4n) is 3.64. The van der Waals surface area contributed by atoms with E-state index >= 15 is 0 Å². The summed E-state index contributed by atoms with van der Waals surface area (Å²) in [4.78, 5) is 11.4. The number of nitrogens with zero attached hydrogens (tertiary/aromatic N) is 4. The van der Waals surface area contributed by atoms with Gasteiger partial charge in [-0.05, 0) is 35.7 Å². The van der Waals surface area contributed by atoms with E-state index in [9.17, 15) is 0 Å². The molecule has 2 aliphatic heterocycles. The summed E-state index contributed by atoms with van der Waals surface area (Å²) >= 11 is 3.58. The van der Waals surface area contributed by atoms with Gasteiger partial charge in [0.25, 0.3) is 0 Å². The number of fused-ring (bicyclic) bond motifs is 1. The Balaban J connectivity index is 1.64. The summed E-state index contributed by atoms with van der Waals surface area (Å²) in [5, 5.41) is 0. The lowest BCUT2D eigenvalue weighted by Crippen LogP contribution is -2.49. The molecule has 0 saturated carbocycles. The molecule has 0 amide bonds. The highest BCUT2D eigenvalue weighted by molar-refractivity contribution is 9.10. The van der Waals surface area contributed by atoms with Crippen LogP contribution in [0.3, 0.4) is 0 Å². The Hall–Kier alpha value is -1.18. The lowest BCUT2D eigenvalue weighted by atomic mass is 9.75. The Kier molecular flexibility index (Phi) is 3.39. The van der Waals surface area contributed by atoms with Crippen molar-refractivity contribution < 1.29 is 4.74 Å². The Morgan fingerprint density at radius 3 is 2.86 bits per heavy atom. The van der Waals surface area contributed by atoms with Crippen molar-refractivity contribution in [1.82, 2.24) is 14.4 Å². The molecule has 2 aromatic rings. The molecule has 2 saturated heterocycles. The van der Waals surface area contributed by atoms with Gasteiger partial charge in [-0.25, -0.2) is 9.97 Å². The van der Waals surface area contributed by atoms with Gasteiger partial charge in [-0.15, -0.1) is 0 Å². The van der Waals surface area contributed by atoms with E-state index in [1.807, 2.05) is 23.8 Å². The third kappa shape index (κ3) is 2.06. The number of nitrogens with two attached hydrogens (primary N) is 1. The highest BCUT2D eigenvalue weighted by atomic mass is 79.9. The fraction of sp³-hybridized carbons (Fsp3) is 0.600. The SMILES string of the molecule is Cc1nc(N2CCC3(CC2)COC[C@H]3N)c2cncn2c1Br. The maximum atomic E-state index is 6.27. The Morgan fingerprint density at radius 2 is 2.18 bits per heavy atom. The van der Waals surface area contributed by atoms with Crippen molar-refractivity contribution >= 4 is 27.3 Å². The predicted molar refractivity (Wildman–Crippen MR) is 88.1 cm³/mol. The number of rotatable bonds is 1. The van der Waals surface area contributed by atoms with Crippen molar-refractivity contribution in [3.8, 4) is 0 Å². The molecule has 0 radical (unpaired) electrons. The molecule has 2 N–H and O–H groups in total. The van der Waals surface area contributed by atoms with Crippen LogP contribution in [0.2, 0.25) is 0 Å². The molecule has 0 aliphatic carbocycles. The van der Waals surface area contributed by atoms with Crippen LogP contribution in [0.4, 0.5) is 5.82 Å². The van der Waals surface area contributed by atoms with Crippen LogP contribution >= 0.6 is 15.9 Å². The maximum Gasteiger partial charge on any atom is 0.154 e. The number of imidazole rings is 1. The lowest BCUT2D eigenvalue weighted by Gasteiger charge is -2.41. The molecule has 118 valence electrons. The van der Waals surface area contributed by atoms with Crippen molar-refractivity contribution in [3.05, 3.63) is 22.8 Å². The van der Waals surface area contributed by atoms with Gasteiger partial charge in [-0.1, -0.05) is 0 Å². The van der Waals surface area contributed by atoms with Crippen LogP contribution in [0.1, 0.15) is 18.5 Å². The first kappa shape index (κ1) is 14.4. The molecular formula is C15H20BrN5O. The zero-order valence-corrected chi connectivity index (χ0v) is 14.2. The van der Waals surface area contributed by atoms with E-state index in [4.69, 9.17) is 15.5 Å². The number of ether oxygens (including phenoxy) is 1. The van der Waals surface area contributed by atoms with Gasteiger partial charge in [0.05, 0.1) is 25.1 Å². The first-order chi connectivity index (χ1) is 10.6. The molecule has 22 heavy (non-hydrogen) atoms. The fourth-order valence-corrected chi connectivity index (χ4v) is 4.01. The van der Waals surface area contributed by atoms with Crippen LogP contribution in [-0.2, 0) is 4.74 Å². The highest BCUT2D eigenvalue weighted by Gasteiger charge is 2.44. The van der Waals surface area contributed by atoms with Crippen LogP contribution in [0.15, 0.2) is 17.1 Å². The zero-order valence-electron chi connectivity index (χ0n) is 12.6. The number of hydrogen-bond acceptors (Lipinski definition) is 5. The molecular weight excluding hydrogens is 346 g/mol. The second kappa shape index (κ2) is 5.18. The molecule has 0 unspecified atom stereocenters. The summed E-state index contributed by atoms with van der Waals surface area (Å²) in [5.41, 5.74) is 8.45. The minimum Gasteiger partial charge on any atom is -0.379 e. The molecule has 2 fully saturated rings. The van der Waals surface area contributed by atoms with Crippen LogP contribution in [0.5, 0.6) is 0 Å². The molecule has 4 heterocycles. The minimum absolute atomic E-state index is 0.164. The summed E-state index contributed by atoms with van der Waals surface area (Å²) in [5.74, 6) is 1.01. The van der Waals surface area contributed by atoms with Gasteiger partial charge in [-0.3, -0.25) is 4.40 Å². The van der Waals surface area contributed by atoms with Gasteiger partial charge in [0.15, 0.2) is 5.82 Å². The van der Waals surface area contributed by atoms with Crippen LogP contribution in [0.25, 0.3) is 5.52 Å². The van der Waals surface area contributed by atoms with Crippen LogP contribution in [-0.4, -0.2) is 46.7 Å². The number of halogens is 1. The summed E-state index contributed by atoms with van der Waals surface area (Å²) in [6.07, 6.45) is 5.82. The summed E-state index contributed by atoms with van der Waals surface area (Å²) in [7, 11) is 0. The van der Waals surface area contributed by atoms with E-state index in [1.54, 1.807) is 0 Å². The molecule has 2 aromatic heterocycles. The molecule has 1 atom stereocenters. The summed E-state index contributed by atoms with van der Waals surface area (Å²) in [6, 6.07) is 0.171. The van der Waals surface area contributed by atoms with Gasteiger partial charge in [0.2, 0.25) is 0 Å². The number of piperidine rings is 1. The monoisotopic (exact) mass is 365 g/mol. The van der Waals surface area contributed by atoms with Crippen LogP contribution < -0.4 is 10.6 Å². The molecule has 0 aromatic carbocycles. The smallest absolute Gasteiger partial charge is 0.154 e. The topological polar surface area (TPSA) is 68.7 Å². The van der Waals surface area contributed by atoms with Gasteiger partial charge in [0.1, 0.15) is 16.4 Å². The second-order valence-corrected chi connectivity index (χ2v) is 7.18. The highest BCUT2D eigenvalue weighted by Crippen LogP contribution is 2.40. The molecule has 0 bridgehead atoms. The molecule has 4 rings (SSSR count). The first-order valence-corrected chi connectivity index (χ1v) is 8.46. The minimum atomic E-state index is 0.164. The van der Waals surface area contributed by atoms with Crippen molar-refractivity contribution in [3.63, 3.8) is 0 Å². The van der Waals surface area contributed by atoms with Gasteiger partial charge in [0, 0.05) is 24.5 Å². The maximum absolute atomic E-state index is 6.27. The van der Waals surface area contributed by atoms with E-state index in [-0.39, 0.29) is 11.5 Å². The number of anilines is 1. The third-order valence-electron chi connectivity index (χ3n) is 5.18. The lowest BCUT2D eigenvalue weighted by molar-refractivity contribution is 0.132. The predicted octanol–water partition coefficient (Wildman–Crippen LogP) is 1.74.